The second-order valence-corrected chi connectivity index (χ2v) is 4.44. The second-order valence-electron chi connectivity index (χ2n) is 4.44. The van der Waals surface area contributed by atoms with Crippen LogP contribution in [0.25, 0.3) is 0 Å². The molecule has 0 fully saturated rings. The van der Waals surface area contributed by atoms with Crippen LogP contribution in [0.5, 0.6) is 0 Å². The summed E-state index contributed by atoms with van der Waals surface area (Å²) in [7, 11) is 1.99. The van der Waals surface area contributed by atoms with Crippen LogP contribution in [0.3, 0.4) is 0 Å². The fourth-order valence-corrected chi connectivity index (χ4v) is 1.91. The van der Waals surface area contributed by atoms with Crippen LogP contribution in [0, 0.1) is 0 Å². The van der Waals surface area contributed by atoms with Crippen LogP contribution in [0.4, 0.5) is 0 Å². The van der Waals surface area contributed by atoms with Gasteiger partial charge in [-0.1, -0.05) is 36.4 Å². The van der Waals surface area contributed by atoms with Crippen molar-refractivity contribution in [1.82, 2.24) is 9.88 Å². The Kier molecular flexibility index (Phi) is 4.45. The van der Waals surface area contributed by atoms with Gasteiger partial charge in [0.15, 0.2) is 0 Å². The number of likely N-dealkylation sites (N-methyl/N-ethyl adjacent to an activating group) is 1. The Morgan fingerprint density at radius 2 is 1.83 bits per heavy atom. The largest absolute Gasteiger partial charge is 0.387 e. The third-order valence-corrected chi connectivity index (χ3v) is 2.83. The highest BCUT2D eigenvalue weighted by molar-refractivity contribution is 5.17. The van der Waals surface area contributed by atoms with Gasteiger partial charge in [-0.05, 0) is 24.7 Å². The second kappa shape index (κ2) is 6.28. The molecule has 0 spiro atoms. The summed E-state index contributed by atoms with van der Waals surface area (Å²) in [5.41, 5.74) is 1.96. The standard InChI is InChI=1S/C15H18N2O/c1-17(11-14-9-5-6-10-16-14)12-15(18)13-7-3-2-4-8-13/h2-10,15,18H,11-12H2,1H3. The molecule has 18 heavy (non-hydrogen) atoms. The maximum Gasteiger partial charge on any atom is 0.0916 e. The quantitative estimate of drug-likeness (QED) is 0.873. The fourth-order valence-electron chi connectivity index (χ4n) is 1.91. The molecular weight excluding hydrogens is 224 g/mol. The van der Waals surface area contributed by atoms with Gasteiger partial charge in [-0.2, -0.15) is 0 Å². The van der Waals surface area contributed by atoms with E-state index < -0.39 is 6.10 Å². The van der Waals surface area contributed by atoms with E-state index in [0.29, 0.717) is 6.54 Å². The molecule has 1 N–H and O–H groups in total. The molecule has 0 aliphatic rings. The van der Waals surface area contributed by atoms with E-state index in [-0.39, 0.29) is 0 Å². The fraction of sp³-hybridized carbons (Fsp3) is 0.267. The Morgan fingerprint density at radius 3 is 2.50 bits per heavy atom. The number of aliphatic hydroxyl groups excluding tert-OH is 1. The van der Waals surface area contributed by atoms with E-state index in [1.807, 2.05) is 55.6 Å². The highest BCUT2D eigenvalue weighted by atomic mass is 16.3. The summed E-state index contributed by atoms with van der Waals surface area (Å²) in [4.78, 5) is 6.34. The van der Waals surface area contributed by atoms with Crippen molar-refractivity contribution in [2.75, 3.05) is 13.6 Å². The number of aromatic nitrogens is 1. The summed E-state index contributed by atoms with van der Waals surface area (Å²) in [6.45, 7) is 1.34. The number of hydrogen-bond donors (Lipinski definition) is 1. The summed E-state index contributed by atoms with van der Waals surface area (Å²) >= 11 is 0. The summed E-state index contributed by atoms with van der Waals surface area (Å²) < 4.78 is 0. The number of pyridine rings is 1. The van der Waals surface area contributed by atoms with Gasteiger partial charge in [-0.25, -0.2) is 0 Å². The third kappa shape index (κ3) is 3.65. The number of aliphatic hydroxyl groups is 1. The number of nitrogens with zero attached hydrogens (tertiary/aromatic N) is 2. The van der Waals surface area contributed by atoms with Crippen molar-refractivity contribution in [3.05, 3.63) is 66.0 Å². The van der Waals surface area contributed by atoms with Crippen molar-refractivity contribution in [3.8, 4) is 0 Å². The molecule has 0 aliphatic heterocycles. The molecule has 94 valence electrons. The summed E-state index contributed by atoms with van der Waals surface area (Å²) in [6, 6.07) is 15.6. The van der Waals surface area contributed by atoms with Crippen LogP contribution in [0.2, 0.25) is 0 Å². The monoisotopic (exact) mass is 242 g/mol. The normalized spacial score (nSPS) is 12.6. The highest BCUT2D eigenvalue weighted by Crippen LogP contribution is 2.13. The van der Waals surface area contributed by atoms with Crippen LogP contribution in [0.15, 0.2) is 54.7 Å². The molecule has 0 aliphatic carbocycles. The average molecular weight is 242 g/mol. The van der Waals surface area contributed by atoms with Gasteiger partial charge in [0.25, 0.3) is 0 Å². The van der Waals surface area contributed by atoms with Gasteiger partial charge in [0, 0.05) is 19.3 Å². The zero-order valence-corrected chi connectivity index (χ0v) is 10.5. The third-order valence-electron chi connectivity index (χ3n) is 2.83. The number of benzene rings is 1. The molecule has 0 saturated carbocycles. The van der Waals surface area contributed by atoms with E-state index in [9.17, 15) is 5.11 Å². The van der Waals surface area contributed by atoms with Gasteiger partial charge >= 0.3 is 0 Å². The topological polar surface area (TPSA) is 36.4 Å². The first kappa shape index (κ1) is 12.7. The summed E-state index contributed by atoms with van der Waals surface area (Å²) in [6.07, 6.45) is 1.33. The molecule has 1 atom stereocenters. The Morgan fingerprint density at radius 1 is 1.11 bits per heavy atom. The smallest absolute Gasteiger partial charge is 0.0916 e. The molecule has 2 aromatic rings. The van der Waals surface area contributed by atoms with E-state index in [1.54, 1.807) is 6.20 Å². The van der Waals surface area contributed by atoms with E-state index in [2.05, 4.69) is 9.88 Å². The van der Waals surface area contributed by atoms with E-state index in [4.69, 9.17) is 0 Å². The molecule has 0 bridgehead atoms. The zero-order chi connectivity index (χ0) is 12.8. The highest BCUT2D eigenvalue weighted by Gasteiger charge is 2.10. The van der Waals surface area contributed by atoms with Crippen LogP contribution in [-0.2, 0) is 6.54 Å². The molecule has 1 heterocycles. The van der Waals surface area contributed by atoms with E-state index >= 15 is 0 Å². The Bertz CT molecular complexity index is 458. The lowest BCUT2D eigenvalue weighted by molar-refractivity contribution is 0.123. The van der Waals surface area contributed by atoms with Crippen LogP contribution < -0.4 is 0 Å². The van der Waals surface area contributed by atoms with Crippen molar-refractivity contribution in [2.45, 2.75) is 12.6 Å². The molecule has 1 unspecified atom stereocenters. The molecule has 1 aromatic heterocycles. The van der Waals surface area contributed by atoms with Crippen molar-refractivity contribution in [3.63, 3.8) is 0 Å². The zero-order valence-electron chi connectivity index (χ0n) is 10.5. The minimum atomic E-state index is -0.458. The maximum atomic E-state index is 10.1. The van der Waals surface area contributed by atoms with Gasteiger partial charge in [-0.15, -0.1) is 0 Å². The molecule has 0 amide bonds. The van der Waals surface area contributed by atoms with E-state index in [0.717, 1.165) is 17.8 Å². The van der Waals surface area contributed by atoms with Crippen LogP contribution in [0.1, 0.15) is 17.4 Å². The van der Waals surface area contributed by atoms with Gasteiger partial charge in [0.1, 0.15) is 0 Å². The summed E-state index contributed by atoms with van der Waals surface area (Å²) in [5, 5.41) is 10.1. The molecule has 1 aromatic carbocycles. The maximum absolute atomic E-state index is 10.1. The molecular formula is C15H18N2O. The minimum absolute atomic E-state index is 0.458. The first-order valence-corrected chi connectivity index (χ1v) is 6.07. The first-order chi connectivity index (χ1) is 8.75. The van der Waals surface area contributed by atoms with Crippen molar-refractivity contribution in [1.29, 1.82) is 0 Å². The van der Waals surface area contributed by atoms with Gasteiger partial charge in [0.2, 0.25) is 0 Å². The molecule has 3 heteroatoms. The van der Waals surface area contributed by atoms with Crippen molar-refractivity contribution < 1.29 is 5.11 Å². The Hall–Kier alpha value is -1.71. The van der Waals surface area contributed by atoms with Crippen LogP contribution >= 0.6 is 0 Å². The molecule has 0 radical (unpaired) electrons. The lowest BCUT2D eigenvalue weighted by atomic mass is 10.1. The predicted octanol–water partition coefficient (Wildman–Crippen LogP) is 2.25. The Balaban J connectivity index is 1.90. The molecule has 3 nitrogen and oxygen atoms in total. The Labute approximate surface area is 108 Å². The SMILES string of the molecule is CN(Cc1ccccn1)CC(O)c1ccccc1. The van der Waals surface area contributed by atoms with Gasteiger partial charge in [-0.3, -0.25) is 9.88 Å². The molecule has 2 rings (SSSR count). The average Bonchev–Trinajstić information content (AvgIpc) is 2.40. The molecule has 0 saturated heterocycles. The first-order valence-electron chi connectivity index (χ1n) is 6.07. The van der Waals surface area contributed by atoms with Gasteiger partial charge < -0.3 is 5.11 Å². The van der Waals surface area contributed by atoms with E-state index in [1.165, 1.54) is 0 Å². The predicted molar refractivity (Wildman–Crippen MR) is 72.0 cm³/mol. The van der Waals surface area contributed by atoms with Crippen LogP contribution in [-0.4, -0.2) is 28.6 Å². The minimum Gasteiger partial charge on any atom is -0.387 e. The summed E-state index contributed by atoms with van der Waals surface area (Å²) in [5.74, 6) is 0. The van der Waals surface area contributed by atoms with Crippen molar-refractivity contribution >= 4 is 0 Å². The van der Waals surface area contributed by atoms with Gasteiger partial charge in [0.05, 0.1) is 11.8 Å². The van der Waals surface area contributed by atoms with Crippen molar-refractivity contribution in [2.24, 2.45) is 0 Å². The number of hydrogen-bond acceptors (Lipinski definition) is 3. The number of rotatable bonds is 5. The lowest BCUT2D eigenvalue weighted by Crippen LogP contribution is -2.24. The lowest BCUT2D eigenvalue weighted by Gasteiger charge is -2.20.